The predicted octanol–water partition coefficient (Wildman–Crippen LogP) is 5.41. The van der Waals surface area contributed by atoms with Gasteiger partial charge in [0.05, 0.1) is 11.0 Å². The van der Waals surface area contributed by atoms with Gasteiger partial charge in [0.15, 0.2) is 5.66 Å². The van der Waals surface area contributed by atoms with Crippen LogP contribution in [0.25, 0.3) is 11.3 Å². The monoisotopic (exact) mass is 462 g/mol. The molecule has 0 aromatic heterocycles. The molecule has 0 fully saturated rings. The SMILES string of the molecule is N#CC(C#N)=c1ccc2c(c1)N1C(c3ccccc3)=CC(c3ccccc3)CC1(c1ccccc1)N=2. The van der Waals surface area contributed by atoms with E-state index < -0.39 is 5.66 Å². The smallest absolute Gasteiger partial charge is 0.163 e. The van der Waals surface area contributed by atoms with Crippen molar-refractivity contribution in [1.82, 2.24) is 0 Å². The van der Waals surface area contributed by atoms with Crippen molar-refractivity contribution in [3.8, 4) is 12.1 Å². The quantitative estimate of drug-likeness (QED) is 0.409. The van der Waals surface area contributed by atoms with Gasteiger partial charge < -0.3 is 4.90 Å². The number of hydrogen-bond donors (Lipinski definition) is 0. The molecule has 2 aliphatic rings. The number of anilines is 1. The van der Waals surface area contributed by atoms with Gasteiger partial charge in [0.2, 0.25) is 0 Å². The van der Waals surface area contributed by atoms with E-state index in [-0.39, 0.29) is 11.5 Å². The molecule has 0 N–H and O–H groups in total. The van der Waals surface area contributed by atoms with Crippen LogP contribution >= 0.6 is 0 Å². The molecule has 6 rings (SSSR count). The van der Waals surface area contributed by atoms with Crippen molar-refractivity contribution in [2.75, 3.05) is 4.90 Å². The summed E-state index contributed by atoms with van der Waals surface area (Å²) >= 11 is 0. The summed E-state index contributed by atoms with van der Waals surface area (Å²) in [4.78, 5) is 7.70. The number of benzene rings is 4. The maximum atomic E-state index is 9.52. The van der Waals surface area contributed by atoms with Crippen LogP contribution in [0.3, 0.4) is 0 Å². The lowest BCUT2D eigenvalue weighted by Gasteiger charge is -2.45. The van der Waals surface area contributed by atoms with Gasteiger partial charge in [-0.25, -0.2) is 0 Å². The van der Waals surface area contributed by atoms with E-state index in [9.17, 15) is 10.5 Å². The summed E-state index contributed by atoms with van der Waals surface area (Å²) in [5.74, 6) is 0.149. The Kier molecular flexibility index (Phi) is 5.21. The van der Waals surface area contributed by atoms with Gasteiger partial charge in [-0.2, -0.15) is 10.5 Å². The number of rotatable bonds is 3. The summed E-state index contributed by atoms with van der Waals surface area (Å²) in [6.45, 7) is 0. The molecule has 2 heterocycles. The predicted molar refractivity (Wildman–Crippen MR) is 141 cm³/mol. The van der Waals surface area contributed by atoms with Crippen LogP contribution in [-0.4, -0.2) is 0 Å². The van der Waals surface area contributed by atoms with Gasteiger partial charge in [-0.05, 0) is 23.3 Å². The minimum atomic E-state index is -0.665. The van der Waals surface area contributed by atoms with Crippen LogP contribution in [0.1, 0.15) is 29.0 Å². The molecule has 0 spiro atoms. The zero-order valence-electron chi connectivity index (χ0n) is 19.5. The average Bonchev–Trinajstić information content (AvgIpc) is 3.30. The summed E-state index contributed by atoms with van der Waals surface area (Å²) in [5.41, 5.74) is 4.85. The fraction of sp³-hybridized carbons (Fsp3) is 0.0938. The standard InChI is InChI=1S/C32H22N4/c33-21-27(22-34)25-16-17-29-31(18-25)36-30(24-12-6-2-7-13-24)19-26(23-10-4-1-5-11-23)20-32(36,35-29)28-14-8-3-9-15-28/h1-19,26H,20H2. The van der Waals surface area contributed by atoms with Crippen LogP contribution in [-0.2, 0) is 5.66 Å². The Bertz CT molecular complexity index is 1660. The van der Waals surface area contributed by atoms with Crippen LogP contribution < -0.4 is 15.5 Å². The second-order valence-electron chi connectivity index (χ2n) is 9.07. The van der Waals surface area contributed by atoms with Gasteiger partial charge in [0.1, 0.15) is 17.7 Å². The Hall–Kier alpha value is -4.93. The Morgan fingerprint density at radius 2 is 1.44 bits per heavy atom. The van der Waals surface area contributed by atoms with Crippen LogP contribution in [0.2, 0.25) is 0 Å². The molecule has 0 saturated heterocycles. The Labute approximate surface area is 210 Å². The highest BCUT2D eigenvalue weighted by Gasteiger charge is 2.48. The second kappa shape index (κ2) is 8.69. The summed E-state index contributed by atoms with van der Waals surface area (Å²) in [6.07, 6.45) is 3.09. The zero-order chi connectivity index (χ0) is 24.5. The van der Waals surface area contributed by atoms with Crippen LogP contribution in [0.15, 0.2) is 120 Å². The lowest BCUT2D eigenvalue weighted by Crippen LogP contribution is -2.45. The first-order valence-electron chi connectivity index (χ1n) is 12.0. The van der Waals surface area contributed by atoms with Gasteiger partial charge in [-0.3, -0.25) is 4.99 Å². The number of nitrogens with zero attached hydrogens (tertiary/aromatic N) is 4. The van der Waals surface area contributed by atoms with Crippen LogP contribution in [0.4, 0.5) is 5.69 Å². The van der Waals surface area contributed by atoms with E-state index in [4.69, 9.17) is 4.99 Å². The minimum Gasteiger partial charge on any atom is -0.310 e. The van der Waals surface area contributed by atoms with E-state index in [1.807, 2.05) is 60.7 Å². The Balaban J connectivity index is 1.68. The largest absolute Gasteiger partial charge is 0.310 e. The van der Waals surface area contributed by atoms with Crippen molar-refractivity contribution in [1.29, 1.82) is 10.5 Å². The van der Waals surface area contributed by atoms with E-state index in [0.29, 0.717) is 5.22 Å². The first-order valence-corrected chi connectivity index (χ1v) is 12.0. The third-order valence-corrected chi connectivity index (χ3v) is 7.04. The van der Waals surface area contributed by atoms with Gasteiger partial charge in [0.25, 0.3) is 0 Å². The van der Waals surface area contributed by atoms with Gasteiger partial charge in [0, 0.05) is 28.8 Å². The van der Waals surface area contributed by atoms with E-state index >= 15 is 0 Å². The van der Waals surface area contributed by atoms with E-state index in [2.05, 4.69) is 71.6 Å². The summed E-state index contributed by atoms with van der Waals surface area (Å²) in [5, 5.41) is 20.5. The number of hydrogen-bond acceptors (Lipinski definition) is 4. The molecule has 2 atom stereocenters. The molecule has 0 radical (unpaired) electrons. The van der Waals surface area contributed by atoms with E-state index in [1.165, 1.54) is 5.56 Å². The van der Waals surface area contributed by atoms with Gasteiger partial charge >= 0.3 is 0 Å². The van der Waals surface area contributed by atoms with E-state index in [1.54, 1.807) is 0 Å². The molecule has 2 unspecified atom stereocenters. The number of allylic oxidation sites excluding steroid dienone is 1. The number of nitriles is 2. The number of fused-ring (bicyclic) bond motifs is 3. The molecule has 4 aromatic rings. The lowest BCUT2D eigenvalue weighted by molar-refractivity contribution is 0.397. The molecule has 4 heteroatoms. The maximum Gasteiger partial charge on any atom is 0.163 e. The molecule has 4 aromatic carbocycles. The van der Waals surface area contributed by atoms with Crippen LogP contribution in [0.5, 0.6) is 0 Å². The van der Waals surface area contributed by atoms with Crippen molar-refractivity contribution in [3.05, 3.63) is 143 Å². The molecule has 0 bridgehead atoms. The van der Waals surface area contributed by atoms with Crippen molar-refractivity contribution in [2.45, 2.75) is 18.0 Å². The van der Waals surface area contributed by atoms with Crippen molar-refractivity contribution in [3.63, 3.8) is 0 Å². The van der Waals surface area contributed by atoms with Crippen LogP contribution in [0, 0.1) is 22.7 Å². The summed E-state index contributed by atoms with van der Waals surface area (Å²) in [7, 11) is 0. The fourth-order valence-electron chi connectivity index (χ4n) is 5.42. The highest BCUT2D eigenvalue weighted by atomic mass is 15.3. The van der Waals surface area contributed by atoms with E-state index in [0.717, 1.165) is 34.3 Å². The second-order valence-corrected chi connectivity index (χ2v) is 9.07. The van der Waals surface area contributed by atoms with Gasteiger partial charge in [-0.15, -0.1) is 0 Å². The first-order chi connectivity index (χ1) is 17.7. The fourth-order valence-corrected chi connectivity index (χ4v) is 5.42. The molecule has 170 valence electrons. The lowest BCUT2D eigenvalue weighted by atomic mass is 9.79. The summed E-state index contributed by atoms with van der Waals surface area (Å²) in [6, 6.07) is 41.1. The molecule has 36 heavy (non-hydrogen) atoms. The average molecular weight is 463 g/mol. The Morgan fingerprint density at radius 3 is 2.11 bits per heavy atom. The third kappa shape index (κ3) is 3.40. The highest BCUT2D eigenvalue weighted by Crippen LogP contribution is 2.51. The molecule has 0 amide bonds. The molecule has 0 aliphatic carbocycles. The first kappa shape index (κ1) is 21.6. The molecule has 4 nitrogen and oxygen atoms in total. The maximum absolute atomic E-state index is 9.52. The minimum absolute atomic E-state index is 0.0967. The zero-order valence-corrected chi connectivity index (χ0v) is 19.5. The topological polar surface area (TPSA) is 63.2 Å². The highest BCUT2D eigenvalue weighted by molar-refractivity contribution is 5.85. The van der Waals surface area contributed by atoms with Crippen molar-refractivity contribution >= 4 is 17.0 Å². The van der Waals surface area contributed by atoms with Crippen molar-refractivity contribution < 1.29 is 0 Å². The normalized spacial score (nSPS) is 19.7. The third-order valence-electron chi connectivity index (χ3n) is 7.04. The van der Waals surface area contributed by atoms with Gasteiger partial charge in [-0.1, -0.05) is 103 Å². The molecule has 0 saturated carbocycles. The Morgan fingerprint density at radius 1 is 0.806 bits per heavy atom. The van der Waals surface area contributed by atoms with Crippen molar-refractivity contribution in [2.24, 2.45) is 4.99 Å². The summed E-state index contributed by atoms with van der Waals surface area (Å²) < 4.78 is 0. The molecular formula is C32H22N4. The molecule has 2 aliphatic heterocycles. The molecular weight excluding hydrogens is 440 g/mol.